The van der Waals surface area contributed by atoms with Crippen molar-refractivity contribution in [1.29, 1.82) is 0 Å². The van der Waals surface area contributed by atoms with E-state index in [-0.39, 0.29) is 30.0 Å². The van der Waals surface area contributed by atoms with E-state index in [2.05, 4.69) is 52.4 Å². The van der Waals surface area contributed by atoms with Gasteiger partial charge in [0.25, 0.3) is 0 Å². The van der Waals surface area contributed by atoms with E-state index in [0.29, 0.717) is 0 Å². The molecule has 2 heterocycles. The van der Waals surface area contributed by atoms with Crippen LogP contribution in [0.15, 0.2) is 30.3 Å². The van der Waals surface area contributed by atoms with E-state index in [1.54, 1.807) is 0 Å². The number of hydrogen-bond acceptors (Lipinski definition) is 3. The number of amides is 1. The zero-order chi connectivity index (χ0) is 21.5. The zero-order valence-corrected chi connectivity index (χ0v) is 20.9. The van der Waals surface area contributed by atoms with Crippen LogP contribution in [0.3, 0.4) is 0 Å². The fourth-order valence-electron chi connectivity index (χ4n) is 6.25. The minimum atomic E-state index is -0.369. The largest absolute Gasteiger partial charge is 0.336 e. The highest BCUT2D eigenvalue weighted by Crippen LogP contribution is 2.40. The number of nitrogens with one attached hydrogen (secondary N) is 1. The topological polar surface area (TPSA) is 35.6 Å². The highest BCUT2D eigenvalue weighted by Gasteiger charge is 2.54. The number of halogens is 1. The average Bonchev–Trinajstić information content (AvgIpc) is 3.07. The smallest absolute Gasteiger partial charge is 0.247 e. The number of carbonyl (C=O) groups is 1. The second kappa shape index (κ2) is 12.3. The number of nitrogens with zero attached hydrogens (tertiary/aromatic N) is 2. The van der Waals surface area contributed by atoms with Crippen LogP contribution in [0.25, 0.3) is 0 Å². The first-order valence-electron chi connectivity index (χ1n) is 13.1. The molecule has 180 valence electrons. The molecule has 1 aliphatic carbocycles. The van der Waals surface area contributed by atoms with Crippen molar-refractivity contribution in [3.05, 3.63) is 30.3 Å². The van der Waals surface area contributed by atoms with Gasteiger partial charge >= 0.3 is 0 Å². The summed E-state index contributed by atoms with van der Waals surface area (Å²) >= 11 is 0. The van der Waals surface area contributed by atoms with E-state index in [9.17, 15) is 4.79 Å². The van der Waals surface area contributed by atoms with Gasteiger partial charge in [-0.25, -0.2) is 0 Å². The van der Waals surface area contributed by atoms with Crippen LogP contribution in [-0.4, -0.2) is 41.6 Å². The third-order valence-corrected chi connectivity index (χ3v) is 8.07. The van der Waals surface area contributed by atoms with Gasteiger partial charge in [0.1, 0.15) is 11.7 Å². The third kappa shape index (κ3) is 5.62. The number of rotatable bonds is 5. The van der Waals surface area contributed by atoms with Gasteiger partial charge in [0.05, 0.1) is 0 Å². The van der Waals surface area contributed by atoms with Crippen LogP contribution in [0.1, 0.15) is 96.8 Å². The van der Waals surface area contributed by atoms with Crippen molar-refractivity contribution < 1.29 is 4.79 Å². The summed E-state index contributed by atoms with van der Waals surface area (Å²) in [4.78, 5) is 18.6. The van der Waals surface area contributed by atoms with Crippen molar-refractivity contribution in [3.8, 4) is 0 Å². The fraction of sp³-hybridized carbons (Fsp3) is 0.741. The molecule has 4 nitrogen and oxygen atoms in total. The lowest BCUT2D eigenvalue weighted by molar-refractivity contribution is -0.125. The molecule has 2 saturated heterocycles. The molecule has 1 atom stereocenters. The van der Waals surface area contributed by atoms with Gasteiger partial charge in [0.2, 0.25) is 5.91 Å². The van der Waals surface area contributed by atoms with Crippen LogP contribution in [0, 0.1) is 0 Å². The van der Waals surface area contributed by atoms with Crippen LogP contribution in [-0.2, 0) is 4.79 Å². The second-order valence-corrected chi connectivity index (χ2v) is 10.1. The van der Waals surface area contributed by atoms with Gasteiger partial charge in [-0.3, -0.25) is 4.79 Å². The Bertz CT molecular complexity index is 679. The van der Waals surface area contributed by atoms with Crippen molar-refractivity contribution in [2.24, 2.45) is 0 Å². The van der Waals surface area contributed by atoms with Crippen molar-refractivity contribution >= 4 is 24.0 Å². The van der Waals surface area contributed by atoms with Crippen LogP contribution in [0.5, 0.6) is 0 Å². The number of hydrogen-bond donors (Lipinski definition) is 1. The number of para-hydroxylation sites is 1. The Labute approximate surface area is 201 Å². The summed E-state index contributed by atoms with van der Waals surface area (Å²) in [6.07, 6.45) is 17.9. The molecule has 1 N–H and O–H groups in total. The molecule has 3 aliphatic rings. The Morgan fingerprint density at radius 2 is 1.53 bits per heavy atom. The van der Waals surface area contributed by atoms with E-state index in [1.807, 2.05) is 0 Å². The average molecular weight is 462 g/mol. The molecule has 1 aromatic carbocycles. The van der Waals surface area contributed by atoms with E-state index in [4.69, 9.17) is 0 Å². The molecule has 0 bridgehead atoms. The Morgan fingerprint density at radius 3 is 2.12 bits per heavy atom. The number of carbonyl (C=O) groups excluding carboxylic acids is 1. The maximum Gasteiger partial charge on any atom is 0.247 e. The normalized spacial score (nSPS) is 25.3. The minimum absolute atomic E-state index is 0. The Balaban J connectivity index is 0.00000289. The summed E-state index contributed by atoms with van der Waals surface area (Å²) in [5, 5.41) is 3.39. The first-order chi connectivity index (χ1) is 15.2. The van der Waals surface area contributed by atoms with Gasteiger partial charge in [-0.1, -0.05) is 76.5 Å². The van der Waals surface area contributed by atoms with E-state index >= 15 is 0 Å². The quantitative estimate of drug-likeness (QED) is 0.559. The fourth-order valence-corrected chi connectivity index (χ4v) is 6.25. The van der Waals surface area contributed by atoms with Crippen LogP contribution in [0.4, 0.5) is 5.69 Å². The summed E-state index contributed by atoms with van der Waals surface area (Å²) in [5.74, 6) is 0.267. The van der Waals surface area contributed by atoms with Gasteiger partial charge in [0, 0.05) is 24.8 Å². The van der Waals surface area contributed by atoms with Crippen molar-refractivity contribution in [2.45, 2.75) is 115 Å². The van der Waals surface area contributed by atoms with Gasteiger partial charge < -0.3 is 15.1 Å². The third-order valence-electron chi connectivity index (χ3n) is 8.07. The molecule has 1 amide bonds. The molecule has 32 heavy (non-hydrogen) atoms. The summed E-state index contributed by atoms with van der Waals surface area (Å²) in [6.45, 7) is 4.35. The standard InChI is InChI=1S/C27H43N3O.ClH/c1-2-3-18-25-28-26(31)27(30(25)24-16-12-9-13-17-24)19-21-29(22-20-27)23-14-10-7-5-4-6-8-11-15-23;/h9,12-13,16-17,23,25H,2-8,10-11,14-15,18-22H2,1H3,(H,28,31);1H/t25-;/m0./s1. The lowest BCUT2D eigenvalue weighted by atomic mass is 9.84. The van der Waals surface area contributed by atoms with Crippen molar-refractivity contribution in [1.82, 2.24) is 10.2 Å². The number of unbranched alkanes of at least 4 members (excludes halogenated alkanes) is 1. The van der Waals surface area contributed by atoms with Gasteiger partial charge in [0.15, 0.2) is 0 Å². The first kappa shape index (κ1) is 25.4. The monoisotopic (exact) mass is 461 g/mol. The number of benzene rings is 1. The molecule has 0 aromatic heterocycles. The van der Waals surface area contributed by atoms with E-state index in [1.165, 1.54) is 63.5 Å². The minimum Gasteiger partial charge on any atom is -0.336 e. The summed E-state index contributed by atoms with van der Waals surface area (Å²) in [6, 6.07) is 11.4. The summed E-state index contributed by atoms with van der Waals surface area (Å²) < 4.78 is 0. The van der Waals surface area contributed by atoms with Gasteiger partial charge in [-0.2, -0.15) is 0 Å². The summed E-state index contributed by atoms with van der Waals surface area (Å²) in [5.41, 5.74) is 0.834. The molecule has 4 rings (SSSR count). The zero-order valence-electron chi connectivity index (χ0n) is 20.1. The van der Waals surface area contributed by atoms with Gasteiger partial charge in [-0.05, 0) is 50.7 Å². The van der Waals surface area contributed by atoms with E-state index in [0.717, 1.165) is 51.2 Å². The molecule has 2 aliphatic heterocycles. The summed E-state index contributed by atoms with van der Waals surface area (Å²) in [7, 11) is 0. The van der Waals surface area contributed by atoms with E-state index < -0.39 is 0 Å². The lowest BCUT2D eigenvalue weighted by Gasteiger charge is -2.47. The number of likely N-dealkylation sites (tertiary alicyclic amines) is 1. The maximum atomic E-state index is 13.4. The lowest BCUT2D eigenvalue weighted by Crippen LogP contribution is -2.58. The van der Waals surface area contributed by atoms with Crippen LogP contribution in [0.2, 0.25) is 0 Å². The number of piperidine rings is 1. The Hall–Kier alpha value is -1.26. The Kier molecular flexibility index (Phi) is 9.73. The predicted octanol–water partition coefficient (Wildman–Crippen LogP) is 6.29. The second-order valence-electron chi connectivity index (χ2n) is 10.1. The number of anilines is 1. The highest BCUT2D eigenvalue weighted by atomic mass is 35.5. The SMILES string of the molecule is CCCC[C@H]1NC(=O)C2(CCN(C3CCCCCCCCC3)CC2)N1c1ccccc1.Cl. The molecule has 0 unspecified atom stereocenters. The van der Waals surface area contributed by atoms with Crippen molar-refractivity contribution in [3.63, 3.8) is 0 Å². The molecule has 1 spiro atoms. The molecule has 1 aromatic rings. The molecule has 0 radical (unpaired) electrons. The highest BCUT2D eigenvalue weighted by molar-refractivity contribution is 5.94. The maximum absolute atomic E-state index is 13.4. The molecule has 3 fully saturated rings. The predicted molar refractivity (Wildman–Crippen MR) is 137 cm³/mol. The first-order valence-corrected chi connectivity index (χ1v) is 13.1. The van der Waals surface area contributed by atoms with Gasteiger partial charge in [-0.15, -0.1) is 12.4 Å². The molecule has 5 heteroatoms. The van der Waals surface area contributed by atoms with Crippen LogP contribution < -0.4 is 10.2 Å². The molecule has 1 saturated carbocycles. The molecular weight excluding hydrogens is 418 g/mol. The molecular formula is C27H44ClN3O. The Morgan fingerprint density at radius 1 is 0.938 bits per heavy atom. The van der Waals surface area contributed by atoms with Crippen LogP contribution >= 0.6 is 12.4 Å². The van der Waals surface area contributed by atoms with Crippen molar-refractivity contribution in [2.75, 3.05) is 18.0 Å².